The summed E-state index contributed by atoms with van der Waals surface area (Å²) in [4.78, 5) is 3.99. The van der Waals surface area contributed by atoms with Crippen LogP contribution in [0.5, 0.6) is 5.75 Å². The normalized spacial score (nSPS) is 12.6. The molecule has 0 saturated heterocycles. The molecule has 0 saturated carbocycles. The van der Waals surface area contributed by atoms with Gasteiger partial charge in [-0.2, -0.15) is 21.6 Å². The summed E-state index contributed by atoms with van der Waals surface area (Å²) in [5.41, 5.74) is -4.96. The minimum atomic E-state index is -5.66. The van der Waals surface area contributed by atoms with E-state index < -0.39 is 21.4 Å². The van der Waals surface area contributed by atoms with Gasteiger partial charge in [0.2, 0.25) is 0 Å². The highest BCUT2D eigenvalue weighted by atomic mass is 79.9. The number of aromatic nitrogens is 1. The Bertz CT molecular complexity index is 730. The lowest BCUT2D eigenvalue weighted by atomic mass is 10.2. The second kappa shape index (κ2) is 4.64. The van der Waals surface area contributed by atoms with Gasteiger partial charge in [-0.3, -0.25) is 4.98 Å². The van der Waals surface area contributed by atoms with Crippen molar-refractivity contribution in [1.29, 1.82) is 0 Å². The van der Waals surface area contributed by atoms with Gasteiger partial charge in [-0.1, -0.05) is 0 Å². The van der Waals surface area contributed by atoms with Crippen LogP contribution in [0.2, 0.25) is 0 Å². The van der Waals surface area contributed by atoms with Gasteiger partial charge >= 0.3 is 15.6 Å². The van der Waals surface area contributed by atoms with Crippen LogP contribution in [0.1, 0.15) is 0 Å². The van der Waals surface area contributed by atoms with Crippen molar-refractivity contribution in [3.8, 4) is 5.75 Å². The fourth-order valence-corrected chi connectivity index (χ4v) is 2.11. The van der Waals surface area contributed by atoms with Crippen LogP contribution in [-0.2, 0) is 10.1 Å². The number of pyridine rings is 1. The summed E-state index contributed by atoms with van der Waals surface area (Å²) in [6.45, 7) is 0. The second-order valence-corrected chi connectivity index (χ2v) is 5.94. The molecule has 0 radical (unpaired) electrons. The van der Waals surface area contributed by atoms with Gasteiger partial charge in [0.05, 0.1) is 5.52 Å². The summed E-state index contributed by atoms with van der Waals surface area (Å²) >= 11 is 3.15. The Morgan fingerprint density at radius 2 is 1.89 bits per heavy atom. The van der Waals surface area contributed by atoms with E-state index in [2.05, 4.69) is 25.1 Å². The molecule has 0 unspecified atom stereocenters. The minimum absolute atomic E-state index is 0.426. The smallest absolute Gasteiger partial charge is 0.376 e. The lowest BCUT2D eigenvalue weighted by Crippen LogP contribution is -2.28. The van der Waals surface area contributed by atoms with E-state index in [0.29, 0.717) is 15.4 Å². The average molecular weight is 356 g/mol. The Balaban J connectivity index is 2.42. The van der Waals surface area contributed by atoms with Gasteiger partial charge in [-0.25, -0.2) is 0 Å². The predicted molar refractivity (Wildman–Crippen MR) is 65.0 cm³/mol. The lowest BCUT2D eigenvalue weighted by molar-refractivity contribution is -0.0500. The van der Waals surface area contributed by atoms with Crippen molar-refractivity contribution in [3.05, 3.63) is 34.9 Å². The van der Waals surface area contributed by atoms with E-state index in [1.54, 1.807) is 6.07 Å². The van der Waals surface area contributed by atoms with Crippen molar-refractivity contribution in [3.63, 3.8) is 0 Å². The highest BCUT2D eigenvalue weighted by molar-refractivity contribution is 9.10. The Labute approximate surface area is 114 Å². The summed E-state index contributed by atoms with van der Waals surface area (Å²) < 4.78 is 62.8. The van der Waals surface area contributed by atoms with Crippen molar-refractivity contribution in [2.45, 2.75) is 5.51 Å². The van der Waals surface area contributed by atoms with Crippen molar-refractivity contribution in [2.75, 3.05) is 0 Å². The van der Waals surface area contributed by atoms with Crippen molar-refractivity contribution in [1.82, 2.24) is 4.98 Å². The predicted octanol–water partition coefficient (Wildman–Crippen LogP) is 3.23. The molecule has 0 bridgehead atoms. The quantitative estimate of drug-likeness (QED) is 0.613. The van der Waals surface area contributed by atoms with E-state index in [9.17, 15) is 21.6 Å². The molecule has 0 amide bonds. The first-order valence-corrected chi connectivity index (χ1v) is 6.95. The largest absolute Gasteiger partial charge is 0.534 e. The third-order valence-electron chi connectivity index (χ3n) is 2.11. The summed E-state index contributed by atoms with van der Waals surface area (Å²) in [7, 11) is -5.66. The van der Waals surface area contributed by atoms with Gasteiger partial charge in [-0.15, -0.1) is 0 Å². The number of benzene rings is 1. The molecule has 0 aliphatic heterocycles. The van der Waals surface area contributed by atoms with Gasteiger partial charge in [0, 0.05) is 16.1 Å². The molecule has 0 aliphatic carbocycles. The number of alkyl halides is 3. The minimum Gasteiger partial charge on any atom is -0.376 e. The maximum Gasteiger partial charge on any atom is 0.534 e. The first-order chi connectivity index (χ1) is 8.69. The number of hydrogen-bond acceptors (Lipinski definition) is 4. The van der Waals surface area contributed by atoms with E-state index in [-0.39, 0.29) is 0 Å². The third kappa shape index (κ3) is 2.98. The Morgan fingerprint density at radius 3 is 2.53 bits per heavy atom. The zero-order valence-corrected chi connectivity index (χ0v) is 11.4. The molecule has 0 aliphatic rings. The summed E-state index contributed by atoms with van der Waals surface area (Å²) in [5.74, 6) is -0.426. The van der Waals surface area contributed by atoms with Gasteiger partial charge < -0.3 is 4.18 Å². The SMILES string of the molecule is O=S(=O)(Oc1ccc2ncc(Br)cc2c1)C(F)(F)F. The van der Waals surface area contributed by atoms with Crippen LogP contribution in [0.4, 0.5) is 13.2 Å². The second-order valence-electron chi connectivity index (χ2n) is 3.49. The topological polar surface area (TPSA) is 56.3 Å². The fraction of sp³-hybridized carbons (Fsp3) is 0.100. The highest BCUT2D eigenvalue weighted by Crippen LogP contribution is 2.29. The fourth-order valence-electron chi connectivity index (χ4n) is 1.31. The number of nitrogens with zero attached hydrogens (tertiary/aromatic N) is 1. The van der Waals surface area contributed by atoms with Crippen LogP contribution in [0.15, 0.2) is 34.9 Å². The van der Waals surface area contributed by atoms with Crippen molar-refractivity contribution >= 4 is 37.0 Å². The van der Waals surface area contributed by atoms with E-state index in [1.807, 2.05) is 0 Å². The summed E-state index contributed by atoms with van der Waals surface area (Å²) in [5, 5.41) is 0.448. The molecule has 1 heterocycles. The van der Waals surface area contributed by atoms with Crippen LogP contribution < -0.4 is 4.18 Å². The zero-order valence-electron chi connectivity index (χ0n) is 8.98. The Kier molecular flexibility index (Phi) is 3.43. The van der Waals surface area contributed by atoms with Crippen molar-refractivity contribution < 1.29 is 25.8 Å². The molecule has 2 aromatic rings. The molecule has 1 aromatic heterocycles. The van der Waals surface area contributed by atoms with Crippen LogP contribution in [0, 0.1) is 0 Å². The Morgan fingerprint density at radius 1 is 1.21 bits per heavy atom. The van der Waals surface area contributed by atoms with Gasteiger partial charge in [0.15, 0.2) is 0 Å². The van der Waals surface area contributed by atoms with E-state index in [4.69, 9.17) is 0 Å². The number of rotatable bonds is 2. The molecule has 0 fully saturated rings. The molecule has 1 aromatic carbocycles. The van der Waals surface area contributed by atoms with E-state index in [1.165, 1.54) is 12.3 Å². The van der Waals surface area contributed by atoms with E-state index >= 15 is 0 Å². The standard InChI is InChI=1S/C10H5BrF3NO3S/c11-7-3-6-4-8(1-2-9(6)15-5-7)18-19(16,17)10(12,13)14/h1-5H. The van der Waals surface area contributed by atoms with Gasteiger partial charge in [0.1, 0.15) is 5.75 Å². The maximum atomic E-state index is 12.2. The first kappa shape index (κ1) is 14.1. The number of hydrogen-bond donors (Lipinski definition) is 0. The molecule has 4 nitrogen and oxygen atoms in total. The maximum absolute atomic E-state index is 12.2. The van der Waals surface area contributed by atoms with Crippen molar-refractivity contribution in [2.24, 2.45) is 0 Å². The first-order valence-electron chi connectivity index (χ1n) is 4.75. The average Bonchev–Trinajstić information content (AvgIpc) is 2.26. The van der Waals surface area contributed by atoms with Gasteiger partial charge in [-0.05, 0) is 40.2 Å². The molecular weight excluding hydrogens is 351 g/mol. The zero-order chi connectivity index (χ0) is 14.3. The highest BCUT2D eigenvalue weighted by Gasteiger charge is 2.48. The molecule has 19 heavy (non-hydrogen) atoms. The molecular formula is C10H5BrF3NO3S. The van der Waals surface area contributed by atoms with Crippen LogP contribution in [-0.4, -0.2) is 18.9 Å². The molecule has 0 atom stereocenters. The summed E-state index contributed by atoms with van der Waals surface area (Å²) in [6.07, 6.45) is 1.51. The number of halogens is 4. The van der Waals surface area contributed by atoms with E-state index in [0.717, 1.165) is 12.1 Å². The third-order valence-corrected chi connectivity index (χ3v) is 3.52. The monoisotopic (exact) mass is 355 g/mol. The van der Waals surface area contributed by atoms with Crippen LogP contribution >= 0.6 is 15.9 Å². The number of fused-ring (bicyclic) bond motifs is 1. The van der Waals surface area contributed by atoms with Crippen LogP contribution in [0.3, 0.4) is 0 Å². The molecule has 102 valence electrons. The summed E-state index contributed by atoms with van der Waals surface area (Å²) in [6, 6.07) is 5.21. The lowest BCUT2D eigenvalue weighted by Gasteiger charge is -2.09. The molecule has 9 heteroatoms. The molecule has 2 rings (SSSR count). The Hall–Kier alpha value is -1.35. The van der Waals surface area contributed by atoms with Crippen LogP contribution in [0.25, 0.3) is 10.9 Å². The molecule has 0 spiro atoms. The van der Waals surface area contributed by atoms with Gasteiger partial charge in [0.25, 0.3) is 0 Å². The molecule has 0 N–H and O–H groups in total.